The number of aromatic amines is 1. The fourth-order valence-electron chi connectivity index (χ4n) is 2.77. The second-order valence-corrected chi connectivity index (χ2v) is 5.95. The molecule has 0 aromatic carbocycles. The highest BCUT2D eigenvalue weighted by Gasteiger charge is 2.28. The van der Waals surface area contributed by atoms with Crippen LogP contribution in [0.1, 0.15) is 30.3 Å². The van der Waals surface area contributed by atoms with Crippen LogP contribution in [-0.4, -0.2) is 36.2 Å². The van der Waals surface area contributed by atoms with Crippen molar-refractivity contribution >= 4 is 30.6 Å². The molecule has 1 saturated carbocycles. The van der Waals surface area contributed by atoms with Crippen molar-refractivity contribution in [3.8, 4) is 11.4 Å². The van der Waals surface area contributed by atoms with Crippen LogP contribution >= 0.6 is 24.8 Å². The predicted octanol–water partition coefficient (Wildman–Crippen LogP) is 2.32. The Kier molecular flexibility index (Phi) is 6.84. The second-order valence-electron chi connectivity index (χ2n) is 5.95. The van der Waals surface area contributed by atoms with E-state index in [-0.39, 0.29) is 24.8 Å². The SMILES string of the molecule is Cl.Cl.NC1CC(c2cc(NCc3nc(-c4ccncc4)n[nH]3)ncn2)C1. The Balaban J connectivity index is 0.00000121. The molecule has 0 atom stereocenters. The summed E-state index contributed by atoms with van der Waals surface area (Å²) >= 11 is 0. The van der Waals surface area contributed by atoms with Gasteiger partial charge in [-0.25, -0.2) is 15.0 Å². The molecule has 0 unspecified atom stereocenters. The smallest absolute Gasteiger partial charge is 0.181 e. The zero-order chi connectivity index (χ0) is 16.4. The van der Waals surface area contributed by atoms with E-state index in [1.54, 1.807) is 18.7 Å². The van der Waals surface area contributed by atoms with E-state index in [2.05, 4.69) is 35.5 Å². The minimum atomic E-state index is 0. The molecule has 138 valence electrons. The third kappa shape index (κ3) is 4.46. The number of aromatic nitrogens is 6. The lowest BCUT2D eigenvalue weighted by atomic mass is 9.79. The molecule has 0 bridgehead atoms. The van der Waals surface area contributed by atoms with Gasteiger partial charge in [-0.05, 0) is 25.0 Å². The summed E-state index contributed by atoms with van der Waals surface area (Å²) in [4.78, 5) is 17.1. The van der Waals surface area contributed by atoms with Gasteiger partial charge in [0, 0.05) is 41.7 Å². The second kappa shape index (κ2) is 8.88. The Bertz CT molecular complexity index is 820. The van der Waals surface area contributed by atoms with Gasteiger partial charge < -0.3 is 11.1 Å². The molecule has 3 aromatic heterocycles. The molecule has 10 heteroatoms. The number of H-pyrrole nitrogens is 1. The first-order valence-electron chi connectivity index (χ1n) is 7.91. The zero-order valence-electron chi connectivity index (χ0n) is 13.9. The summed E-state index contributed by atoms with van der Waals surface area (Å²) < 4.78 is 0. The van der Waals surface area contributed by atoms with Crippen LogP contribution in [0.2, 0.25) is 0 Å². The minimum Gasteiger partial charge on any atom is -0.363 e. The van der Waals surface area contributed by atoms with Crippen LogP contribution in [0.4, 0.5) is 5.82 Å². The number of hydrogen-bond donors (Lipinski definition) is 3. The van der Waals surface area contributed by atoms with E-state index >= 15 is 0 Å². The van der Waals surface area contributed by atoms with Gasteiger partial charge in [-0.3, -0.25) is 10.1 Å². The topological polar surface area (TPSA) is 118 Å². The number of nitrogens with one attached hydrogen (secondary N) is 2. The van der Waals surface area contributed by atoms with E-state index < -0.39 is 0 Å². The summed E-state index contributed by atoms with van der Waals surface area (Å²) in [5.74, 6) is 2.63. The number of anilines is 1. The summed E-state index contributed by atoms with van der Waals surface area (Å²) in [6, 6.07) is 6.04. The molecule has 0 saturated heterocycles. The van der Waals surface area contributed by atoms with Crippen molar-refractivity contribution in [2.75, 3.05) is 5.32 Å². The molecule has 1 fully saturated rings. The third-order valence-corrected chi connectivity index (χ3v) is 4.19. The Morgan fingerprint density at radius 2 is 1.92 bits per heavy atom. The summed E-state index contributed by atoms with van der Waals surface area (Å²) in [5.41, 5.74) is 7.82. The molecule has 0 aliphatic heterocycles. The van der Waals surface area contributed by atoms with E-state index in [1.807, 2.05) is 18.2 Å². The number of nitrogens with two attached hydrogens (primary N) is 1. The van der Waals surface area contributed by atoms with Crippen molar-refractivity contribution in [2.24, 2.45) is 5.73 Å². The van der Waals surface area contributed by atoms with Gasteiger partial charge in [0.25, 0.3) is 0 Å². The van der Waals surface area contributed by atoms with Gasteiger partial charge in [0.05, 0.1) is 6.54 Å². The Morgan fingerprint density at radius 1 is 1.15 bits per heavy atom. The van der Waals surface area contributed by atoms with Crippen molar-refractivity contribution in [1.82, 2.24) is 30.1 Å². The van der Waals surface area contributed by atoms with Gasteiger partial charge >= 0.3 is 0 Å². The minimum absolute atomic E-state index is 0. The fraction of sp³-hybridized carbons (Fsp3) is 0.312. The largest absolute Gasteiger partial charge is 0.363 e. The standard InChI is InChI=1S/C16H18N8.2ClH/c17-12-5-11(6-12)13-7-14(21-9-20-13)19-8-15-22-16(24-23-15)10-1-3-18-4-2-10;;/h1-4,7,9,11-12H,5-6,8,17H2,(H,19,20,21)(H,22,23,24);2*1H. The molecular weight excluding hydrogens is 375 g/mol. The Morgan fingerprint density at radius 3 is 2.65 bits per heavy atom. The molecule has 3 aromatic rings. The lowest BCUT2D eigenvalue weighted by molar-refractivity contribution is 0.345. The van der Waals surface area contributed by atoms with Crippen molar-refractivity contribution in [3.05, 3.63) is 48.4 Å². The lowest BCUT2D eigenvalue weighted by Crippen LogP contribution is -2.35. The van der Waals surface area contributed by atoms with E-state index in [1.165, 1.54) is 0 Å². The normalized spacial score (nSPS) is 18.2. The van der Waals surface area contributed by atoms with E-state index in [9.17, 15) is 0 Å². The fourth-order valence-corrected chi connectivity index (χ4v) is 2.77. The van der Waals surface area contributed by atoms with Gasteiger partial charge in [-0.2, -0.15) is 5.10 Å². The molecule has 26 heavy (non-hydrogen) atoms. The van der Waals surface area contributed by atoms with Gasteiger partial charge in [-0.15, -0.1) is 24.8 Å². The number of hydrogen-bond acceptors (Lipinski definition) is 7. The van der Waals surface area contributed by atoms with Crippen LogP contribution in [0, 0.1) is 0 Å². The molecule has 4 rings (SSSR count). The van der Waals surface area contributed by atoms with Crippen LogP contribution in [-0.2, 0) is 6.54 Å². The van der Waals surface area contributed by atoms with Crippen LogP contribution in [0.5, 0.6) is 0 Å². The van der Waals surface area contributed by atoms with E-state index in [0.29, 0.717) is 24.3 Å². The van der Waals surface area contributed by atoms with Gasteiger partial charge in [0.1, 0.15) is 18.0 Å². The number of halogens is 2. The van der Waals surface area contributed by atoms with Crippen molar-refractivity contribution in [1.29, 1.82) is 0 Å². The Hall–Kier alpha value is -2.29. The maximum Gasteiger partial charge on any atom is 0.181 e. The quantitative estimate of drug-likeness (QED) is 0.607. The van der Waals surface area contributed by atoms with Gasteiger partial charge in [-0.1, -0.05) is 0 Å². The highest BCUT2D eigenvalue weighted by atomic mass is 35.5. The molecular formula is C16H20Cl2N8. The summed E-state index contributed by atoms with van der Waals surface area (Å²) in [7, 11) is 0. The number of rotatable bonds is 5. The van der Waals surface area contributed by atoms with E-state index in [0.717, 1.165) is 35.7 Å². The molecule has 1 aliphatic carbocycles. The number of nitrogens with zero attached hydrogens (tertiary/aromatic N) is 5. The maximum atomic E-state index is 5.85. The van der Waals surface area contributed by atoms with E-state index in [4.69, 9.17) is 5.73 Å². The van der Waals surface area contributed by atoms with Crippen LogP contribution in [0.3, 0.4) is 0 Å². The molecule has 1 aliphatic rings. The maximum absolute atomic E-state index is 5.85. The first-order chi connectivity index (χ1) is 11.8. The molecule has 0 amide bonds. The van der Waals surface area contributed by atoms with Crippen molar-refractivity contribution in [2.45, 2.75) is 31.3 Å². The summed E-state index contributed by atoms with van der Waals surface area (Å²) in [6.45, 7) is 0.513. The monoisotopic (exact) mass is 394 g/mol. The first kappa shape index (κ1) is 20.0. The molecule has 3 heterocycles. The lowest BCUT2D eigenvalue weighted by Gasteiger charge is -2.31. The van der Waals surface area contributed by atoms with Gasteiger partial charge in [0.15, 0.2) is 5.82 Å². The first-order valence-corrected chi connectivity index (χ1v) is 7.91. The molecule has 4 N–H and O–H groups in total. The van der Waals surface area contributed by atoms with Crippen molar-refractivity contribution in [3.63, 3.8) is 0 Å². The molecule has 0 radical (unpaired) electrons. The summed E-state index contributed by atoms with van der Waals surface area (Å²) in [6.07, 6.45) is 7.02. The summed E-state index contributed by atoms with van der Waals surface area (Å²) in [5, 5.41) is 10.4. The highest BCUT2D eigenvalue weighted by Crippen LogP contribution is 2.34. The van der Waals surface area contributed by atoms with Crippen LogP contribution in [0.15, 0.2) is 36.9 Å². The Labute approximate surface area is 163 Å². The number of pyridine rings is 1. The zero-order valence-corrected chi connectivity index (χ0v) is 15.5. The average Bonchev–Trinajstić information content (AvgIpc) is 3.07. The molecule has 0 spiro atoms. The van der Waals surface area contributed by atoms with Crippen LogP contribution in [0.25, 0.3) is 11.4 Å². The third-order valence-electron chi connectivity index (χ3n) is 4.19. The molecule has 8 nitrogen and oxygen atoms in total. The highest BCUT2D eigenvalue weighted by molar-refractivity contribution is 5.85. The van der Waals surface area contributed by atoms with Gasteiger partial charge in [0.2, 0.25) is 0 Å². The average molecular weight is 395 g/mol. The predicted molar refractivity (Wildman–Crippen MR) is 103 cm³/mol. The van der Waals surface area contributed by atoms with Crippen LogP contribution < -0.4 is 11.1 Å². The van der Waals surface area contributed by atoms with Crippen molar-refractivity contribution < 1.29 is 0 Å².